The van der Waals surface area contributed by atoms with E-state index in [2.05, 4.69) is 15.5 Å². The fraction of sp³-hybridized carbons (Fsp3) is 0.412. The summed E-state index contributed by atoms with van der Waals surface area (Å²) in [5.41, 5.74) is 1.62. The van der Waals surface area contributed by atoms with Gasteiger partial charge in [-0.05, 0) is 42.7 Å². The van der Waals surface area contributed by atoms with Gasteiger partial charge in [-0.3, -0.25) is 9.89 Å². The number of thioether (sulfide) groups is 1. The smallest absolute Gasteiger partial charge is 0.269 e. The number of aliphatic hydroxyl groups excluding tert-OH is 1. The second kappa shape index (κ2) is 9.33. The summed E-state index contributed by atoms with van der Waals surface area (Å²) in [5, 5.41) is 19.1. The molecule has 2 rings (SSSR count). The molecule has 3 N–H and O–H groups in total. The van der Waals surface area contributed by atoms with Crippen molar-refractivity contribution < 1.29 is 19.4 Å². The molecule has 0 fully saturated rings. The quantitative estimate of drug-likeness (QED) is 0.628. The number of carbonyl (C=O) groups is 1. The predicted octanol–water partition coefficient (Wildman–Crippen LogP) is 1.94. The number of amides is 1. The van der Waals surface area contributed by atoms with Gasteiger partial charge in [0.05, 0.1) is 32.6 Å². The first kappa shape index (κ1) is 19.1. The molecule has 136 valence electrons. The highest BCUT2D eigenvalue weighted by molar-refractivity contribution is 7.98. The van der Waals surface area contributed by atoms with E-state index < -0.39 is 0 Å². The Hall–Kier alpha value is -2.19. The van der Waals surface area contributed by atoms with Crippen LogP contribution in [0.15, 0.2) is 24.3 Å². The van der Waals surface area contributed by atoms with Gasteiger partial charge >= 0.3 is 0 Å². The molecule has 1 heterocycles. The van der Waals surface area contributed by atoms with E-state index in [4.69, 9.17) is 9.47 Å². The lowest BCUT2D eigenvalue weighted by atomic mass is 10.1. The Labute approximate surface area is 151 Å². The van der Waals surface area contributed by atoms with Crippen molar-refractivity contribution in [2.24, 2.45) is 0 Å². The topological polar surface area (TPSA) is 96.5 Å². The van der Waals surface area contributed by atoms with Crippen molar-refractivity contribution >= 4 is 17.7 Å². The number of rotatable bonds is 9. The zero-order chi connectivity index (χ0) is 18.2. The van der Waals surface area contributed by atoms with Crippen LogP contribution in [0.25, 0.3) is 11.3 Å². The molecular formula is C17H23N3O4S. The fourth-order valence-electron chi connectivity index (χ4n) is 2.32. The number of aliphatic hydroxyl groups is 1. The third-order valence-corrected chi connectivity index (χ3v) is 4.38. The highest BCUT2D eigenvalue weighted by atomic mass is 32.2. The Kier molecular flexibility index (Phi) is 7.15. The average Bonchev–Trinajstić information content (AvgIpc) is 3.14. The number of H-pyrrole nitrogens is 1. The Morgan fingerprint density at radius 2 is 2.16 bits per heavy atom. The minimum Gasteiger partial charge on any atom is -0.497 e. The lowest BCUT2D eigenvalue weighted by Gasteiger charge is -2.14. The molecule has 1 aromatic heterocycles. The summed E-state index contributed by atoms with van der Waals surface area (Å²) in [6, 6.07) is 6.74. The van der Waals surface area contributed by atoms with Crippen LogP contribution in [-0.2, 0) is 0 Å². The van der Waals surface area contributed by atoms with Gasteiger partial charge in [-0.2, -0.15) is 16.9 Å². The van der Waals surface area contributed by atoms with Crippen molar-refractivity contribution in [2.75, 3.05) is 32.8 Å². The lowest BCUT2D eigenvalue weighted by Crippen LogP contribution is -2.38. The van der Waals surface area contributed by atoms with Crippen molar-refractivity contribution in [1.29, 1.82) is 0 Å². The zero-order valence-corrected chi connectivity index (χ0v) is 15.4. The lowest BCUT2D eigenvalue weighted by molar-refractivity contribution is 0.0910. The third-order valence-electron chi connectivity index (χ3n) is 3.73. The van der Waals surface area contributed by atoms with Crippen LogP contribution in [0.3, 0.4) is 0 Å². The molecule has 25 heavy (non-hydrogen) atoms. The summed E-state index contributed by atoms with van der Waals surface area (Å²) in [5.74, 6) is 1.86. The summed E-state index contributed by atoms with van der Waals surface area (Å²) >= 11 is 1.67. The van der Waals surface area contributed by atoms with Crippen molar-refractivity contribution in [3.63, 3.8) is 0 Å². The normalized spacial score (nSPS) is 11.8. The first-order valence-electron chi connectivity index (χ1n) is 7.81. The van der Waals surface area contributed by atoms with E-state index >= 15 is 0 Å². The van der Waals surface area contributed by atoms with Gasteiger partial charge in [0.25, 0.3) is 5.91 Å². The molecule has 1 amide bonds. The summed E-state index contributed by atoms with van der Waals surface area (Å²) in [6.45, 7) is -0.100. The van der Waals surface area contributed by atoms with Crippen LogP contribution in [0.2, 0.25) is 0 Å². The summed E-state index contributed by atoms with van der Waals surface area (Å²) < 4.78 is 10.6. The van der Waals surface area contributed by atoms with Crippen LogP contribution in [0.4, 0.5) is 0 Å². The van der Waals surface area contributed by atoms with Gasteiger partial charge in [0, 0.05) is 5.56 Å². The van der Waals surface area contributed by atoms with Gasteiger partial charge in [-0.1, -0.05) is 0 Å². The summed E-state index contributed by atoms with van der Waals surface area (Å²) in [4.78, 5) is 12.3. The van der Waals surface area contributed by atoms with Gasteiger partial charge in [0.15, 0.2) is 0 Å². The van der Waals surface area contributed by atoms with E-state index in [0.717, 1.165) is 11.3 Å². The third kappa shape index (κ3) is 4.90. The van der Waals surface area contributed by atoms with Crippen LogP contribution >= 0.6 is 11.8 Å². The molecule has 0 spiro atoms. The molecule has 7 nitrogen and oxygen atoms in total. The maximum absolute atomic E-state index is 12.3. The Bertz CT molecular complexity index is 705. The van der Waals surface area contributed by atoms with Crippen LogP contribution < -0.4 is 14.8 Å². The SMILES string of the molecule is COc1ccc(OC)c(-c2cc(C(=O)N[C@H](CO)CCSC)[nH]n2)c1. The molecule has 0 aliphatic rings. The number of hydrogen-bond acceptors (Lipinski definition) is 6. The van der Waals surface area contributed by atoms with E-state index in [-0.39, 0.29) is 18.6 Å². The zero-order valence-electron chi connectivity index (χ0n) is 14.5. The molecule has 1 atom stereocenters. The van der Waals surface area contributed by atoms with Gasteiger partial charge < -0.3 is 19.9 Å². The van der Waals surface area contributed by atoms with E-state index in [1.807, 2.05) is 6.26 Å². The highest BCUT2D eigenvalue weighted by Gasteiger charge is 2.17. The standard InChI is InChI=1S/C17H23N3O4S/c1-23-12-4-5-16(24-2)13(8-12)14-9-15(20-19-14)17(22)18-11(10-21)6-7-25-3/h4-5,8-9,11,21H,6-7,10H2,1-3H3,(H,18,22)(H,19,20)/t11-/m0/s1. The Morgan fingerprint density at radius 3 is 2.80 bits per heavy atom. The number of hydrogen-bond donors (Lipinski definition) is 3. The summed E-state index contributed by atoms with van der Waals surface area (Å²) in [6.07, 6.45) is 2.69. The van der Waals surface area contributed by atoms with Crippen LogP contribution in [0.5, 0.6) is 11.5 Å². The number of nitrogens with one attached hydrogen (secondary N) is 2. The van der Waals surface area contributed by atoms with Crippen LogP contribution in [-0.4, -0.2) is 60.1 Å². The molecule has 2 aromatic rings. The maximum atomic E-state index is 12.3. The highest BCUT2D eigenvalue weighted by Crippen LogP contribution is 2.32. The number of ether oxygens (including phenoxy) is 2. The number of carbonyl (C=O) groups excluding carboxylic acids is 1. The number of methoxy groups -OCH3 is 2. The first-order chi connectivity index (χ1) is 12.1. The second-order valence-electron chi connectivity index (χ2n) is 5.37. The van der Waals surface area contributed by atoms with E-state index in [1.54, 1.807) is 50.2 Å². The van der Waals surface area contributed by atoms with Crippen molar-refractivity contribution in [3.05, 3.63) is 30.0 Å². The Balaban J connectivity index is 2.18. The van der Waals surface area contributed by atoms with Crippen LogP contribution in [0.1, 0.15) is 16.9 Å². The monoisotopic (exact) mass is 365 g/mol. The number of nitrogens with zero attached hydrogens (tertiary/aromatic N) is 1. The molecule has 0 saturated heterocycles. The molecule has 0 saturated carbocycles. The molecule has 0 radical (unpaired) electrons. The fourth-order valence-corrected chi connectivity index (χ4v) is 2.84. The molecule has 0 aliphatic carbocycles. The van der Waals surface area contributed by atoms with Gasteiger partial charge in [0.1, 0.15) is 17.2 Å². The Morgan fingerprint density at radius 1 is 1.36 bits per heavy atom. The number of aromatic amines is 1. The number of aromatic nitrogens is 2. The van der Waals surface area contributed by atoms with Crippen LogP contribution in [0, 0.1) is 0 Å². The molecular weight excluding hydrogens is 342 g/mol. The minimum absolute atomic E-state index is 0.100. The predicted molar refractivity (Wildman–Crippen MR) is 98.5 cm³/mol. The molecule has 8 heteroatoms. The average molecular weight is 365 g/mol. The van der Waals surface area contributed by atoms with E-state index in [1.165, 1.54) is 0 Å². The van der Waals surface area contributed by atoms with Crippen molar-refractivity contribution in [2.45, 2.75) is 12.5 Å². The van der Waals surface area contributed by atoms with Gasteiger partial charge in [0.2, 0.25) is 0 Å². The molecule has 0 unspecified atom stereocenters. The van der Waals surface area contributed by atoms with Crippen molar-refractivity contribution in [3.8, 4) is 22.8 Å². The largest absolute Gasteiger partial charge is 0.497 e. The molecule has 0 aliphatic heterocycles. The van der Waals surface area contributed by atoms with Gasteiger partial charge in [-0.25, -0.2) is 0 Å². The minimum atomic E-state index is -0.305. The first-order valence-corrected chi connectivity index (χ1v) is 9.20. The van der Waals surface area contributed by atoms with E-state index in [0.29, 0.717) is 29.3 Å². The summed E-state index contributed by atoms with van der Waals surface area (Å²) in [7, 11) is 3.15. The second-order valence-corrected chi connectivity index (χ2v) is 6.35. The number of benzene rings is 1. The molecule has 1 aromatic carbocycles. The van der Waals surface area contributed by atoms with Gasteiger partial charge in [-0.15, -0.1) is 0 Å². The van der Waals surface area contributed by atoms with Crippen molar-refractivity contribution in [1.82, 2.24) is 15.5 Å². The molecule has 0 bridgehead atoms. The maximum Gasteiger partial charge on any atom is 0.269 e. The van der Waals surface area contributed by atoms with E-state index in [9.17, 15) is 9.90 Å².